The van der Waals surface area contributed by atoms with E-state index in [1.165, 1.54) is 42.1 Å². The SMILES string of the molecule is CO[C@H]1CN(C2CCN(Cc3scnc3C)CC2)[C@H]1c1ccncc1. The maximum Gasteiger partial charge on any atom is 0.0895 e. The molecule has 2 aromatic heterocycles. The summed E-state index contributed by atoms with van der Waals surface area (Å²) < 4.78 is 5.70. The summed E-state index contributed by atoms with van der Waals surface area (Å²) in [7, 11) is 1.83. The van der Waals surface area contributed by atoms with Gasteiger partial charge in [-0.05, 0) is 37.5 Å². The molecule has 2 atom stereocenters. The van der Waals surface area contributed by atoms with E-state index < -0.39 is 0 Å². The van der Waals surface area contributed by atoms with Crippen molar-refractivity contribution < 1.29 is 4.74 Å². The molecule has 0 saturated carbocycles. The van der Waals surface area contributed by atoms with Crippen LogP contribution in [0.25, 0.3) is 0 Å². The summed E-state index contributed by atoms with van der Waals surface area (Å²) in [4.78, 5) is 15.2. The molecular formula is C19H26N4OS. The predicted octanol–water partition coefficient (Wildman–Crippen LogP) is 2.88. The molecule has 0 radical (unpaired) electrons. The lowest BCUT2D eigenvalue weighted by molar-refractivity contribution is -0.116. The highest BCUT2D eigenvalue weighted by molar-refractivity contribution is 7.09. The largest absolute Gasteiger partial charge is 0.378 e. The average Bonchev–Trinajstić information content (AvgIpc) is 3.02. The van der Waals surface area contributed by atoms with Crippen LogP contribution in [0.15, 0.2) is 30.0 Å². The van der Waals surface area contributed by atoms with E-state index in [-0.39, 0.29) is 0 Å². The van der Waals surface area contributed by atoms with Crippen LogP contribution >= 0.6 is 11.3 Å². The van der Waals surface area contributed by atoms with Crippen molar-refractivity contribution in [1.29, 1.82) is 0 Å². The minimum atomic E-state index is 0.306. The van der Waals surface area contributed by atoms with Crippen LogP contribution in [0.5, 0.6) is 0 Å². The minimum Gasteiger partial charge on any atom is -0.378 e. The van der Waals surface area contributed by atoms with Crippen LogP contribution in [-0.4, -0.2) is 58.7 Å². The Hall–Kier alpha value is -1.34. The number of hydrogen-bond donors (Lipinski definition) is 0. The zero-order chi connectivity index (χ0) is 17.2. The second-order valence-electron chi connectivity index (χ2n) is 7.06. The molecule has 25 heavy (non-hydrogen) atoms. The zero-order valence-corrected chi connectivity index (χ0v) is 15.8. The molecule has 0 aliphatic carbocycles. The van der Waals surface area contributed by atoms with Crippen LogP contribution < -0.4 is 0 Å². The first-order chi connectivity index (χ1) is 12.3. The third kappa shape index (κ3) is 3.49. The lowest BCUT2D eigenvalue weighted by Crippen LogP contribution is -2.60. The normalized spacial score (nSPS) is 25.8. The number of nitrogens with zero attached hydrogens (tertiary/aromatic N) is 4. The van der Waals surface area contributed by atoms with Crippen molar-refractivity contribution in [2.75, 3.05) is 26.7 Å². The molecule has 134 valence electrons. The van der Waals surface area contributed by atoms with Crippen molar-refractivity contribution >= 4 is 11.3 Å². The van der Waals surface area contributed by atoms with Crippen LogP contribution in [0.1, 0.15) is 35.0 Å². The van der Waals surface area contributed by atoms with Crippen molar-refractivity contribution in [2.24, 2.45) is 0 Å². The van der Waals surface area contributed by atoms with Crippen molar-refractivity contribution in [3.63, 3.8) is 0 Å². The molecule has 6 heteroatoms. The smallest absolute Gasteiger partial charge is 0.0895 e. The van der Waals surface area contributed by atoms with Crippen molar-refractivity contribution in [3.8, 4) is 0 Å². The summed E-state index contributed by atoms with van der Waals surface area (Å²) in [5.74, 6) is 0. The third-order valence-electron chi connectivity index (χ3n) is 5.69. The number of likely N-dealkylation sites (tertiary alicyclic amines) is 2. The molecule has 0 spiro atoms. The van der Waals surface area contributed by atoms with E-state index in [1.54, 1.807) is 11.3 Å². The molecule has 2 aromatic rings. The van der Waals surface area contributed by atoms with Gasteiger partial charge in [-0.25, -0.2) is 4.98 Å². The molecule has 2 aliphatic rings. The Morgan fingerprint density at radius 3 is 2.64 bits per heavy atom. The summed E-state index contributed by atoms with van der Waals surface area (Å²) in [6.07, 6.45) is 6.54. The molecule has 0 bridgehead atoms. The molecule has 2 fully saturated rings. The highest BCUT2D eigenvalue weighted by Crippen LogP contribution is 2.39. The molecule has 4 rings (SSSR count). The summed E-state index contributed by atoms with van der Waals surface area (Å²) in [6.45, 7) is 6.54. The quantitative estimate of drug-likeness (QED) is 0.822. The lowest BCUT2D eigenvalue weighted by Gasteiger charge is -2.53. The van der Waals surface area contributed by atoms with Gasteiger partial charge in [0.1, 0.15) is 0 Å². The van der Waals surface area contributed by atoms with E-state index in [4.69, 9.17) is 4.74 Å². The zero-order valence-electron chi connectivity index (χ0n) is 15.0. The van der Waals surface area contributed by atoms with Crippen molar-refractivity contribution in [3.05, 3.63) is 46.2 Å². The maximum absolute atomic E-state index is 5.70. The van der Waals surface area contributed by atoms with Gasteiger partial charge in [-0.2, -0.15) is 0 Å². The molecule has 0 unspecified atom stereocenters. The fraction of sp³-hybridized carbons (Fsp3) is 0.579. The van der Waals surface area contributed by atoms with Gasteiger partial charge in [-0.1, -0.05) is 0 Å². The van der Waals surface area contributed by atoms with Gasteiger partial charge in [-0.15, -0.1) is 11.3 Å². The number of ether oxygens (including phenoxy) is 1. The number of piperidine rings is 1. The molecule has 2 aliphatic heterocycles. The van der Waals surface area contributed by atoms with Gasteiger partial charge in [-0.3, -0.25) is 14.8 Å². The van der Waals surface area contributed by atoms with E-state index >= 15 is 0 Å². The first-order valence-corrected chi connectivity index (χ1v) is 9.94. The average molecular weight is 359 g/mol. The van der Waals surface area contributed by atoms with Gasteiger partial charge in [0.15, 0.2) is 0 Å². The van der Waals surface area contributed by atoms with Gasteiger partial charge in [0.25, 0.3) is 0 Å². The molecule has 5 nitrogen and oxygen atoms in total. The van der Waals surface area contributed by atoms with Gasteiger partial charge >= 0.3 is 0 Å². The Balaban J connectivity index is 1.36. The first-order valence-electron chi connectivity index (χ1n) is 9.06. The van der Waals surface area contributed by atoms with E-state index in [0.29, 0.717) is 18.2 Å². The molecule has 0 aromatic carbocycles. The Morgan fingerprint density at radius 1 is 1.24 bits per heavy atom. The third-order valence-corrected chi connectivity index (χ3v) is 6.61. The van der Waals surface area contributed by atoms with Crippen LogP contribution in [0.2, 0.25) is 0 Å². The number of methoxy groups -OCH3 is 1. The Bertz CT molecular complexity index is 684. The standard InChI is InChI=1S/C19H26N4OS/c1-14-18(25-13-21-14)12-22-9-5-16(6-10-22)23-11-17(24-2)19(23)15-3-7-20-8-4-15/h3-4,7-8,13,16-17,19H,5-6,9-12H2,1-2H3/t17-,19-/m0/s1. The number of hydrogen-bond acceptors (Lipinski definition) is 6. The monoisotopic (exact) mass is 358 g/mol. The Morgan fingerprint density at radius 2 is 2.00 bits per heavy atom. The molecule has 0 N–H and O–H groups in total. The van der Waals surface area contributed by atoms with Crippen LogP contribution in [0.3, 0.4) is 0 Å². The van der Waals surface area contributed by atoms with E-state index in [9.17, 15) is 0 Å². The molecule has 2 saturated heterocycles. The first kappa shape index (κ1) is 17.1. The fourth-order valence-electron chi connectivity index (χ4n) is 4.13. The lowest BCUT2D eigenvalue weighted by atomic mass is 9.87. The summed E-state index contributed by atoms with van der Waals surface area (Å²) in [6, 6.07) is 5.30. The van der Waals surface area contributed by atoms with Gasteiger partial charge in [0.2, 0.25) is 0 Å². The number of aromatic nitrogens is 2. The predicted molar refractivity (Wildman–Crippen MR) is 99.6 cm³/mol. The van der Waals surface area contributed by atoms with Crippen molar-refractivity contribution in [1.82, 2.24) is 19.8 Å². The van der Waals surface area contributed by atoms with E-state index in [1.807, 2.05) is 25.0 Å². The van der Waals surface area contributed by atoms with Crippen LogP contribution in [-0.2, 0) is 11.3 Å². The molecule has 0 amide bonds. The maximum atomic E-state index is 5.70. The summed E-state index contributed by atoms with van der Waals surface area (Å²) in [5.41, 5.74) is 4.48. The molecular weight excluding hydrogens is 332 g/mol. The van der Waals surface area contributed by atoms with E-state index in [2.05, 4.69) is 38.8 Å². The highest BCUT2D eigenvalue weighted by Gasteiger charge is 2.44. The van der Waals surface area contributed by atoms with Gasteiger partial charge in [0.05, 0.1) is 23.4 Å². The van der Waals surface area contributed by atoms with E-state index in [0.717, 1.165) is 13.1 Å². The second kappa shape index (κ2) is 7.50. The second-order valence-corrected chi connectivity index (χ2v) is 8.00. The van der Waals surface area contributed by atoms with Crippen LogP contribution in [0, 0.1) is 6.92 Å². The van der Waals surface area contributed by atoms with Crippen molar-refractivity contribution in [2.45, 2.75) is 44.5 Å². The number of rotatable bonds is 5. The number of thiazole rings is 1. The van der Waals surface area contributed by atoms with Gasteiger partial charge in [0, 0.05) is 56.6 Å². The Kier molecular flexibility index (Phi) is 5.12. The fourth-order valence-corrected chi connectivity index (χ4v) is 4.95. The topological polar surface area (TPSA) is 41.5 Å². The minimum absolute atomic E-state index is 0.306. The number of aryl methyl sites for hydroxylation is 1. The number of pyridine rings is 1. The van der Waals surface area contributed by atoms with Gasteiger partial charge < -0.3 is 4.74 Å². The summed E-state index contributed by atoms with van der Waals surface area (Å²) >= 11 is 1.78. The highest BCUT2D eigenvalue weighted by atomic mass is 32.1. The summed E-state index contributed by atoms with van der Waals surface area (Å²) in [5, 5.41) is 0. The van der Waals surface area contributed by atoms with Crippen LogP contribution in [0.4, 0.5) is 0 Å². The Labute approximate surface area is 153 Å². The molecule has 4 heterocycles.